The van der Waals surface area contributed by atoms with Crippen molar-refractivity contribution in [3.05, 3.63) is 41.3 Å². The molecule has 0 N–H and O–H groups in total. The van der Waals surface area contributed by atoms with Gasteiger partial charge in [0, 0.05) is 12.0 Å². The second-order valence-corrected chi connectivity index (χ2v) is 7.58. The first-order valence-corrected chi connectivity index (χ1v) is 10.4. The molecule has 0 spiro atoms. The van der Waals surface area contributed by atoms with Crippen molar-refractivity contribution >= 4 is 17.7 Å². The lowest BCUT2D eigenvalue weighted by atomic mass is 10.1. The van der Waals surface area contributed by atoms with E-state index >= 15 is 0 Å². The van der Waals surface area contributed by atoms with Crippen LogP contribution in [0.4, 0.5) is 0 Å². The van der Waals surface area contributed by atoms with Crippen LogP contribution in [0.1, 0.15) is 30.9 Å². The summed E-state index contributed by atoms with van der Waals surface area (Å²) in [5.74, 6) is 7.79. The summed E-state index contributed by atoms with van der Waals surface area (Å²) >= 11 is 1.46. The van der Waals surface area contributed by atoms with Gasteiger partial charge >= 0.3 is 5.97 Å². The fourth-order valence-electron chi connectivity index (χ4n) is 2.37. The third-order valence-electron chi connectivity index (χ3n) is 4.00. The summed E-state index contributed by atoms with van der Waals surface area (Å²) < 4.78 is 16.3. The van der Waals surface area contributed by atoms with Crippen LogP contribution in [-0.4, -0.2) is 41.8 Å². The second-order valence-electron chi connectivity index (χ2n) is 6.25. The Balaban J connectivity index is 1.69. The molecule has 28 heavy (non-hydrogen) atoms. The van der Waals surface area contributed by atoms with Gasteiger partial charge < -0.3 is 13.9 Å². The predicted molar refractivity (Wildman–Crippen MR) is 112 cm³/mol. The minimum atomic E-state index is -0.201. The van der Waals surface area contributed by atoms with E-state index in [1.54, 1.807) is 6.92 Å². The van der Waals surface area contributed by atoms with Crippen molar-refractivity contribution in [1.82, 2.24) is 4.98 Å². The Labute approximate surface area is 171 Å². The van der Waals surface area contributed by atoms with Gasteiger partial charge in [0.2, 0.25) is 5.89 Å². The summed E-state index contributed by atoms with van der Waals surface area (Å²) in [5.41, 5.74) is 3.08. The third-order valence-corrected chi connectivity index (χ3v) is 5.00. The molecule has 5 nitrogen and oxygen atoms in total. The molecule has 0 amide bonds. The normalized spacial score (nSPS) is 11.6. The van der Waals surface area contributed by atoms with E-state index in [-0.39, 0.29) is 11.2 Å². The number of carbonyl (C=O) groups excluding carboxylic acids is 1. The molecule has 0 fully saturated rings. The SMILES string of the molecule is CCOC(=O)[C@H](C)SCC#CCOCCc1nc(-c2ccc(C)cc2)oc1C. The molecular formula is C22H27NO4S. The topological polar surface area (TPSA) is 61.6 Å². The fourth-order valence-corrected chi connectivity index (χ4v) is 3.01. The van der Waals surface area contributed by atoms with Crippen molar-refractivity contribution in [2.75, 3.05) is 25.6 Å². The molecule has 0 saturated heterocycles. The van der Waals surface area contributed by atoms with Gasteiger partial charge in [0.25, 0.3) is 0 Å². The molecule has 1 aromatic heterocycles. The average Bonchev–Trinajstić information content (AvgIpc) is 3.05. The number of rotatable bonds is 9. The lowest BCUT2D eigenvalue weighted by Crippen LogP contribution is -2.16. The zero-order chi connectivity index (χ0) is 20.4. The summed E-state index contributed by atoms with van der Waals surface area (Å²) in [6.07, 6.45) is 0.678. The van der Waals surface area contributed by atoms with E-state index in [1.165, 1.54) is 17.3 Å². The summed E-state index contributed by atoms with van der Waals surface area (Å²) in [7, 11) is 0. The Kier molecular flexibility index (Phi) is 9.12. The van der Waals surface area contributed by atoms with Crippen molar-refractivity contribution in [3.63, 3.8) is 0 Å². The van der Waals surface area contributed by atoms with E-state index < -0.39 is 0 Å². The maximum Gasteiger partial charge on any atom is 0.318 e. The number of esters is 1. The molecule has 0 saturated carbocycles. The molecule has 0 aliphatic heterocycles. The lowest BCUT2D eigenvalue weighted by Gasteiger charge is -2.07. The van der Waals surface area contributed by atoms with Gasteiger partial charge in [-0.15, -0.1) is 11.8 Å². The van der Waals surface area contributed by atoms with E-state index in [2.05, 4.69) is 23.7 Å². The minimum Gasteiger partial charge on any atom is -0.465 e. The maximum absolute atomic E-state index is 11.5. The van der Waals surface area contributed by atoms with Crippen LogP contribution >= 0.6 is 11.8 Å². The van der Waals surface area contributed by atoms with Crippen LogP contribution in [-0.2, 0) is 20.7 Å². The Morgan fingerprint density at radius 1 is 1.25 bits per heavy atom. The highest BCUT2D eigenvalue weighted by Crippen LogP contribution is 2.22. The molecule has 1 aromatic carbocycles. The summed E-state index contributed by atoms with van der Waals surface area (Å²) in [4.78, 5) is 16.1. The fraction of sp³-hybridized carbons (Fsp3) is 0.455. The van der Waals surface area contributed by atoms with E-state index in [1.807, 2.05) is 38.1 Å². The van der Waals surface area contributed by atoms with Crippen molar-refractivity contribution in [3.8, 4) is 23.3 Å². The Morgan fingerprint density at radius 3 is 2.71 bits per heavy atom. The maximum atomic E-state index is 11.5. The Hall–Kier alpha value is -2.23. The van der Waals surface area contributed by atoms with Gasteiger partial charge in [0.1, 0.15) is 17.6 Å². The number of ether oxygens (including phenoxy) is 2. The highest BCUT2D eigenvalue weighted by Gasteiger charge is 2.13. The van der Waals surface area contributed by atoms with Gasteiger partial charge in [0.05, 0.1) is 24.7 Å². The molecule has 6 heteroatoms. The standard InChI is InChI=1S/C22H27NO4S/c1-5-26-22(24)18(4)28-15-7-6-13-25-14-12-20-17(3)27-21(23-20)19-10-8-16(2)9-11-19/h8-11,18H,5,12-15H2,1-4H3/t18-/m0/s1. The second kappa shape index (κ2) is 11.6. The summed E-state index contributed by atoms with van der Waals surface area (Å²) in [6.45, 7) is 8.89. The van der Waals surface area contributed by atoms with Gasteiger partial charge in [-0.3, -0.25) is 4.79 Å². The minimum absolute atomic E-state index is 0.196. The van der Waals surface area contributed by atoms with Crippen molar-refractivity contribution < 1.29 is 18.7 Å². The van der Waals surface area contributed by atoms with Crippen LogP contribution in [0.2, 0.25) is 0 Å². The number of oxazole rings is 1. The number of aryl methyl sites for hydroxylation is 2. The lowest BCUT2D eigenvalue weighted by molar-refractivity contribution is -0.142. The molecule has 0 bridgehead atoms. The van der Waals surface area contributed by atoms with Crippen LogP contribution in [0.3, 0.4) is 0 Å². The van der Waals surface area contributed by atoms with Crippen LogP contribution in [0.25, 0.3) is 11.5 Å². The molecule has 0 radical (unpaired) electrons. The van der Waals surface area contributed by atoms with E-state index in [9.17, 15) is 4.79 Å². The molecule has 2 aromatic rings. The van der Waals surface area contributed by atoms with E-state index in [0.29, 0.717) is 37.9 Å². The van der Waals surface area contributed by atoms with Crippen LogP contribution < -0.4 is 0 Å². The quantitative estimate of drug-likeness (QED) is 0.356. The van der Waals surface area contributed by atoms with Crippen LogP contribution in [0.15, 0.2) is 28.7 Å². The molecule has 0 unspecified atom stereocenters. The van der Waals surface area contributed by atoms with Gasteiger partial charge in [0.15, 0.2) is 0 Å². The highest BCUT2D eigenvalue weighted by atomic mass is 32.2. The van der Waals surface area contributed by atoms with Gasteiger partial charge in [-0.1, -0.05) is 29.5 Å². The molecule has 0 aliphatic rings. The molecule has 0 aliphatic carbocycles. The Morgan fingerprint density at radius 2 is 2.00 bits per heavy atom. The first-order chi connectivity index (χ1) is 13.5. The van der Waals surface area contributed by atoms with E-state index in [4.69, 9.17) is 13.9 Å². The first kappa shape index (κ1) is 22.1. The van der Waals surface area contributed by atoms with Crippen molar-refractivity contribution in [2.45, 2.75) is 39.4 Å². The smallest absolute Gasteiger partial charge is 0.318 e. The monoisotopic (exact) mass is 401 g/mol. The zero-order valence-electron chi connectivity index (χ0n) is 16.9. The zero-order valence-corrected chi connectivity index (χ0v) is 17.7. The summed E-state index contributed by atoms with van der Waals surface area (Å²) in [5, 5.41) is -0.201. The average molecular weight is 402 g/mol. The van der Waals surface area contributed by atoms with E-state index in [0.717, 1.165) is 17.0 Å². The van der Waals surface area contributed by atoms with Crippen LogP contribution in [0, 0.1) is 25.7 Å². The molecule has 1 atom stereocenters. The molecular weight excluding hydrogens is 374 g/mol. The largest absolute Gasteiger partial charge is 0.465 e. The highest BCUT2D eigenvalue weighted by molar-refractivity contribution is 8.00. The molecule has 1 heterocycles. The number of nitrogens with zero attached hydrogens (tertiary/aromatic N) is 1. The van der Waals surface area contributed by atoms with Gasteiger partial charge in [-0.2, -0.15) is 0 Å². The number of aromatic nitrogens is 1. The molecule has 150 valence electrons. The number of hydrogen-bond acceptors (Lipinski definition) is 6. The van der Waals surface area contributed by atoms with Gasteiger partial charge in [-0.05, 0) is 39.8 Å². The van der Waals surface area contributed by atoms with Crippen molar-refractivity contribution in [2.24, 2.45) is 0 Å². The number of hydrogen-bond donors (Lipinski definition) is 0. The third kappa shape index (κ3) is 7.06. The summed E-state index contributed by atoms with van der Waals surface area (Å²) in [6, 6.07) is 8.11. The predicted octanol–water partition coefficient (Wildman–Crippen LogP) is 4.21. The molecule has 2 rings (SSSR count). The number of thioether (sulfide) groups is 1. The number of benzene rings is 1. The van der Waals surface area contributed by atoms with Gasteiger partial charge in [-0.25, -0.2) is 4.98 Å². The Bertz CT molecular complexity index is 817. The van der Waals surface area contributed by atoms with Crippen LogP contribution in [0.5, 0.6) is 0 Å². The van der Waals surface area contributed by atoms with Crippen molar-refractivity contribution in [1.29, 1.82) is 0 Å². The first-order valence-electron chi connectivity index (χ1n) is 9.36. The number of carbonyl (C=O) groups is 1.